The summed E-state index contributed by atoms with van der Waals surface area (Å²) < 4.78 is 29.5. The Morgan fingerprint density at radius 1 is 1.35 bits per heavy atom. The second-order valence-corrected chi connectivity index (χ2v) is 7.41. The van der Waals surface area contributed by atoms with Crippen molar-refractivity contribution in [1.82, 2.24) is 10.2 Å². The molecule has 1 atom stereocenters. The van der Waals surface area contributed by atoms with Crippen molar-refractivity contribution in [2.75, 3.05) is 26.0 Å². The Hall–Kier alpha value is -2.09. The molecule has 2 amide bonds. The molecule has 0 spiro atoms. The average Bonchev–Trinajstić information content (AvgIpc) is 2.55. The highest BCUT2D eigenvalue weighted by Gasteiger charge is 2.29. The third kappa shape index (κ3) is 4.01. The van der Waals surface area contributed by atoms with Gasteiger partial charge in [0.15, 0.2) is 9.84 Å². The van der Waals surface area contributed by atoms with Crippen LogP contribution in [0.25, 0.3) is 0 Å². The minimum Gasteiger partial charge on any atom is -0.497 e. The lowest BCUT2D eigenvalue weighted by Crippen LogP contribution is -2.56. The molecule has 0 aliphatic carbocycles. The van der Waals surface area contributed by atoms with Crippen LogP contribution in [0.5, 0.6) is 5.75 Å². The Bertz CT molecular complexity index is 684. The number of amides is 2. The van der Waals surface area contributed by atoms with Crippen LogP contribution in [0.4, 0.5) is 0 Å². The molecule has 1 saturated heterocycles. The second-order valence-electron chi connectivity index (χ2n) is 5.30. The van der Waals surface area contributed by atoms with E-state index in [0.29, 0.717) is 18.8 Å². The second kappa shape index (κ2) is 6.99. The predicted molar refractivity (Wildman–Crippen MR) is 83.8 cm³/mol. The summed E-state index contributed by atoms with van der Waals surface area (Å²) in [6.45, 7) is 2.42. The van der Waals surface area contributed by atoms with Gasteiger partial charge in [-0.05, 0) is 31.2 Å². The zero-order valence-corrected chi connectivity index (χ0v) is 13.9. The lowest BCUT2D eigenvalue weighted by molar-refractivity contribution is -0.142. The normalized spacial score (nSPS) is 18.4. The molecule has 2 rings (SSSR count). The number of carbonyl (C=O) groups excluding carboxylic acids is 2. The maximum atomic E-state index is 12.3. The van der Waals surface area contributed by atoms with Crippen LogP contribution in [0, 0.1) is 0 Å². The summed E-state index contributed by atoms with van der Waals surface area (Å²) >= 11 is 0. The summed E-state index contributed by atoms with van der Waals surface area (Å²) in [5.41, 5.74) is 0. The molecule has 1 N–H and O–H groups in total. The summed E-state index contributed by atoms with van der Waals surface area (Å²) in [5.74, 6) is -0.275. The molecule has 7 nitrogen and oxygen atoms in total. The highest BCUT2D eigenvalue weighted by Crippen LogP contribution is 2.18. The fraction of sp³-hybridized carbons (Fsp3) is 0.467. The number of sulfone groups is 1. The number of ether oxygens (including phenoxy) is 1. The third-order valence-corrected chi connectivity index (χ3v) is 5.55. The van der Waals surface area contributed by atoms with E-state index in [-0.39, 0.29) is 28.9 Å². The highest BCUT2D eigenvalue weighted by atomic mass is 32.2. The van der Waals surface area contributed by atoms with Gasteiger partial charge in [0, 0.05) is 19.5 Å². The maximum absolute atomic E-state index is 12.3. The van der Waals surface area contributed by atoms with E-state index in [1.807, 2.05) is 0 Å². The van der Waals surface area contributed by atoms with Gasteiger partial charge >= 0.3 is 0 Å². The first kappa shape index (κ1) is 17.3. The van der Waals surface area contributed by atoms with Gasteiger partial charge in [-0.2, -0.15) is 0 Å². The molecular formula is C15H20N2O5S. The summed E-state index contributed by atoms with van der Waals surface area (Å²) in [7, 11) is -2.06. The van der Waals surface area contributed by atoms with Gasteiger partial charge < -0.3 is 15.0 Å². The Morgan fingerprint density at radius 3 is 2.61 bits per heavy atom. The molecule has 0 bridgehead atoms. The number of benzene rings is 1. The molecule has 1 fully saturated rings. The predicted octanol–water partition coefficient (Wildman–Crippen LogP) is 0.206. The Kier molecular flexibility index (Phi) is 5.25. The van der Waals surface area contributed by atoms with Crippen LogP contribution < -0.4 is 10.1 Å². The van der Waals surface area contributed by atoms with Crippen LogP contribution in [0.15, 0.2) is 29.2 Å². The Balaban J connectivity index is 2.00. The molecule has 1 aromatic rings. The number of methoxy groups -OCH3 is 1. The molecule has 0 saturated carbocycles. The molecule has 0 aromatic heterocycles. The first-order valence-electron chi connectivity index (χ1n) is 7.29. The highest BCUT2D eigenvalue weighted by molar-refractivity contribution is 7.91. The summed E-state index contributed by atoms with van der Waals surface area (Å²) in [5, 5.41) is 2.66. The van der Waals surface area contributed by atoms with E-state index in [2.05, 4.69) is 5.32 Å². The molecule has 0 radical (unpaired) electrons. The number of hydrogen-bond donors (Lipinski definition) is 1. The fourth-order valence-electron chi connectivity index (χ4n) is 2.39. The smallest absolute Gasteiger partial charge is 0.242 e. The van der Waals surface area contributed by atoms with Crippen molar-refractivity contribution in [3.05, 3.63) is 24.3 Å². The van der Waals surface area contributed by atoms with Gasteiger partial charge in [-0.25, -0.2) is 8.42 Å². The summed E-state index contributed by atoms with van der Waals surface area (Å²) in [4.78, 5) is 25.3. The molecule has 1 aromatic carbocycles. The van der Waals surface area contributed by atoms with Gasteiger partial charge in [0.2, 0.25) is 11.8 Å². The van der Waals surface area contributed by atoms with E-state index < -0.39 is 15.9 Å². The Labute approximate surface area is 135 Å². The van der Waals surface area contributed by atoms with Crippen molar-refractivity contribution in [2.24, 2.45) is 0 Å². The van der Waals surface area contributed by atoms with Crippen LogP contribution in [-0.4, -0.2) is 57.1 Å². The van der Waals surface area contributed by atoms with E-state index in [1.165, 1.54) is 24.1 Å². The van der Waals surface area contributed by atoms with Crippen molar-refractivity contribution in [3.8, 4) is 5.75 Å². The summed E-state index contributed by atoms with van der Waals surface area (Å²) in [6.07, 6.45) is -0.147. The van der Waals surface area contributed by atoms with E-state index >= 15 is 0 Å². The van der Waals surface area contributed by atoms with Gasteiger partial charge in [0.1, 0.15) is 11.8 Å². The maximum Gasteiger partial charge on any atom is 0.242 e. The van der Waals surface area contributed by atoms with Crippen LogP contribution in [0.3, 0.4) is 0 Å². The topological polar surface area (TPSA) is 92.8 Å². The van der Waals surface area contributed by atoms with E-state index in [1.54, 1.807) is 19.1 Å². The average molecular weight is 340 g/mol. The number of carbonyl (C=O) groups is 2. The SMILES string of the molecule is COc1ccc(S(=O)(=O)CCC(=O)N2CCNC(=O)C2C)cc1. The third-order valence-electron chi connectivity index (χ3n) is 3.82. The van der Waals surface area contributed by atoms with Gasteiger partial charge in [-0.15, -0.1) is 0 Å². The van der Waals surface area contributed by atoms with Gasteiger partial charge in [0.25, 0.3) is 0 Å². The number of rotatable bonds is 5. The largest absolute Gasteiger partial charge is 0.497 e. The van der Waals surface area contributed by atoms with E-state index in [0.717, 1.165) is 0 Å². The number of nitrogens with zero attached hydrogens (tertiary/aromatic N) is 1. The minimum absolute atomic E-state index is 0.147. The molecule has 1 unspecified atom stereocenters. The molecule has 8 heteroatoms. The first-order chi connectivity index (χ1) is 10.8. The quantitative estimate of drug-likeness (QED) is 0.827. The standard InChI is InChI=1S/C15H20N2O5S/c1-11-15(19)16-8-9-17(11)14(18)7-10-23(20,21)13-5-3-12(22-2)4-6-13/h3-6,11H,7-10H2,1-2H3,(H,16,19). The molecule has 1 heterocycles. The summed E-state index contributed by atoms with van der Waals surface area (Å²) in [6, 6.07) is 5.46. The lowest BCUT2D eigenvalue weighted by atomic mass is 10.2. The molecule has 1 aliphatic rings. The number of nitrogens with one attached hydrogen (secondary N) is 1. The van der Waals surface area contributed by atoms with Crippen molar-refractivity contribution >= 4 is 21.7 Å². The Morgan fingerprint density at radius 2 is 2.00 bits per heavy atom. The van der Waals surface area contributed by atoms with Crippen LogP contribution >= 0.6 is 0 Å². The number of piperazine rings is 1. The van der Waals surface area contributed by atoms with Gasteiger partial charge in [0.05, 0.1) is 17.8 Å². The van der Waals surface area contributed by atoms with E-state index in [4.69, 9.17) is 4.74 Å². The van der Waals surface area contributed by atoms with Crippen LogP contribution in [0.2, 0.25) is 0 Å². The zero-order valence-electron chi connectivity index (χ0n) is 13.1. The van der Waals surface area contributed by atoms with Crippen LogP contribution in [-0.2, 0) is 19.4 Å². The van der Waals surface area contributed by atoms with Gasteiger partial charge in [-0.1, -0.05) is 0 Å². The van der Waals surface area contributed by atoms with E-state index in [9.17, 15) is 18.0 Å². The molecule has 126 valence electrons. The van der Waals surface area contributed by atoms with Crippen molar-refractivity contribution in [1.29, 1.82) is 0 Å². The monoisotopic (exact) mass is 340 g/mol. The molecule has 23 heavy (non-hydrogen) atoms. The zero-order chi connectivity index (χ0) is 17.0. The molecule has 1 aliphatic heterocycles. The fourth-order valence-corrected chi connectivity index (χ4v) is 3.62. The van der Waals surface area contributed by atoms with Crippen molar-refractivity contribution in [2.45, 2.75) is 24.3 Å². The van der Waals surface area contributed by atoms with Crippen LogP contribution in [0.1, 0.15) is 13.3 Å². The van der Waals surface area contributed by atoms with Crippen molar-refractivity contribution < 1.29 is 22.7 Å². The number of hydrogen-bond acceptors (Lipinski definition) is 5. The van der Waals surface area contributed by atoms with Crippen molar-refractivity contribution in [3.63, 3.8) is 0 Å². The molecular weight excluding hydrogens is 320 g/mol. The lowest BCUT2D eigenvalue weighted by Gasteiger charge is -2.32. The minimum atomic E-state index is -3.55. The van der Waals surface area contributed by atoms with Gasteiger partial charge in [-0.3, -0.25) is 9.59 Å². The first-order valence-corrected chi connectivity index (χ1v) is 8.94.